The van der Waals surface area contributed by atoms with E-state index >= 15 is 0 Å². The minimum atomic E-state index is -0.240. The number of nitrogens with one attached hydrogen (secondary N) is 1. The van der Waals surface area contributed by atoms with Gasteiger partial charge in [0.25, 0.3) is 0 Å². The molecule has 2 aliphatic rings. The maximum absolute atomic E-state index is 9.97. The van der Waals surface area contributed by atoms with E-state index in [9.17, 15) is 10.4 Å². The van der Waals surface area contributed by atoms with Crippen molar-refractivity contribution in [3.8, 4) is 28.7 Å². The fourth-order valence-electron chi connectivity index (χ4n) is 7.43. The number of hydrogen-bond acceptors (Lipinski definition) is 9. The molecule has 3 aromatic carbocycles. The third kappa shape index (κ3) is 6.15. The number of fused-ring (bicyclic) bond motifs is 2. The average Bonchev–Trinajstić information content (AvgIpc) is 3.87. The number of anilines is 2. The Morgan fingerprint density at radius 2 is 1.67 bits per heavy atom. The van der Waals surface area contributed by atoms with Gasteiger partial charge in [-0.2, -0.15) is 5.26 Å². The van der Waals surface area contributed by atoms with Crippen LogP contribution in [0.15, 0.2) is 77.5 Å². The average molecular weight is 650 g/mol. The van der Waals surface area contributed by atoms with E-state index in [4.69, 9.17) is 14.4 Å². The van der Waals surface area contributed by atoms with Crippen LogP contribution in [-0.2, 0) is 13.1 Å². The smallest absolute Gasteiger partial charge is 0.227 e. The zero-order chi connectivity index (χ0) is 33.5. The third-order valence-corrected chi connectivity index (χ3v) is 10.0. The van der Waals surface area contributed by atoms with Crippen molar-refractivity contribution in [3.05, 3.63) is 101 Å². The lowest BCUT2D eigenvalue weighted by molar-refractivity contribution is 0.175. The molecule has 8 rings (SSSR count). The fraction of sp³-hybridized carbons (Fsp3) is 0.300. The summed E-state index contributed by atoms with van der Waals surface area (Å²) >= 11 is 0. The lowest BCUT2D eigenvalue weighted by Gasteiger charge is -2.17. The molecule has 2 N–H and O–H groups in total. The predicted octanol–water partition coefficient (Wildman–Crippen LogP) is 7.50. The summed E-state index contributed by atoms with van der Waals surface area (Å²) in [6.07, 6.45) is 6.76. The van der Waals surface area contributed by atoms with Gasteiger partial charge in [-0.15, -0.1) is 0 Å². The van der Waals surface area contributed by atoms with Crippen molar-refractivity contribution in [2.75, 3.05) is 31.5 Å². The molecular weight excluding hydrogens is 610 g/mol. The van der Waals surface area contributed by atoms with Crippen molar-refractivity contribution < 1.29 is 9.52 Å². The zero-order valence-electron chi connectivity index (χ0n) is 27.9. The second-order valence-corrected chi connectivity index (χ2v) is 13.4. The lowest BCUT2D eigenvalue weighted by Crippen LogP contribution is -2.21. The Kier molecular flexibility index (Phi) is 8.30. The van der Waals surface area contributed by atoms with Crippen LogP contribution >= 0.6 is 0 Å². The van der Waals surface area contributed by atoms with Gasteiger partial charge in [-0.05, 0) is 116 Å². The standard InChI is InChI=1S/C40H39N7O2/c1-25-32(7-5-9-34(25)40-45-36-19-27(22-46-14-3-4-15-46)17-30(20-41)38(36)49-40)33-8-6-10-35(26(33)2)44-39-37-29(11-13-42-39)18-28(21-43-37)23-47-16-12-31(48)24-47/h5-11,13,17-19,21,31,48H,3-4,12,14-16,22-24H2,1-2H3,(H,42,44)/t31-/m0/s1. The van der Waals surface area contributed by atoms with Gasteiger partial charge in [0.1, 0.15) is 17.1 Å². The van der Waals surface area contributed by atoms with E-state index < -0.39 is 0 Å². The van der Waals surface area contributed by atoms with Crippen LogP contribution < -0.4 is 5.32 Å². The third-order valence-electron chi connectivity index (χ3n) is 10.0. The number of aliphatic hydroxyl groups is 1. The molecule has 246 valence electrons. The number of nitriles is 1. The van der Waals surface area contributed by atoms with Gasteiger partial charge in [0.2, 0.25) is 5.89 Å². The van der Waals surface area contributed by atoms with Crippen LogP contribution in [0.25, 0.3) is 44.6 Å². The number of nitrogens with zero attached hydrogens (tertiary/aromatic N) is 6. The summed E-state index contributed by atoms with van der Waals surface area (Å²) in [5.41, 5.74) is 11.0. The summed E-state index contributed by atoms with van der Waals surface area (Å²) in [4.78, 5) is 19.1. The number of aliphatic hydroxyl groups excluding tert-OH is 1. The van der Waals surface area contributed by atoms with E-state index in [1.165, 1.54) is 12.8 Å². The second-order valence-electron chi connectivity index (χ2n) is 13.4. The molecule has 9 heteroatoms. The van der Waals surface area contributed by atoms with Gasteiger partial charge in [0, 0.05) is 55.2 Å². The molecule has 3 aromatic heterocycles. The molecule has 0 radical (unpaired) electrons. The van der Waals surface area contributed by atoms with Crippen LogP contribution in [0.5, 0.6) is 0 Å². The molecule has 6 aromatic rings. The number of hydrogen-bond donors (Lipinski definition) is 2. The molecule has 0 saturated carbocycles. The van der Waals surface area contributed by atoms with E-state index in [1.54, 1.807) is 0 Å². The molecule has 9 nitrogen and oxygen atoms in total. The Morgan fingerprint density at radius 1 is 0.898 bits per heavy atom. The Bertz CT molecular complexity index is 2230. The van der Waals surface area contributed by atoms with Crippen LogP contribution in [0.1, 0.15) is 47.1 Å². The van der Waals surface area contributed by atoms with E-state index in [-0.39, 0.29) is 6.10 Å². The molecule has 0 aliphatic carbocycles. The topological polar surface area (TPSA) is 114 Å². The summed E-state index contributed by atoms with van der Waals surface area (Å²) in [5, 5.41) is 24.5. The van der Waals surface area contributed by atoms with E-state index in [1.807, 2.05) is 36.7 Å². The largest absolute Gasteiger partial charge is 0.435 e. The molecule has 1 atom stereocenters. The van der Waals surface area contributed by atoms with Crippen molar-refractivity contribution in [3.63, 3.8) is 0 Å². The van der Waals surface area contributed by atoms with Gasteiger partial charge in [0.15, 0.2) is 11.4 Å². The fourth-order valence-corrected chi connectivity index (χ4v) is 7.43. The molecule has 0 amide bonds. The highest BCUT2D eigenvalue weighted by molar-refractivity contribution is 5.91. The Balaban J connectivity index is 1.09. The number of β-amino-alcohol motifs (C(OH)–C–C–N with tert-alkyl or cyclic N) is 1. The van der Waals surface area contributed by atoms with Crippen molar-refractivity contribution in [1.82, 2.24) is 24.8 Å². The molecule has 0 bridgehead atoms. The normalized spacial score (nSPS) is 16.9. The monoisotopic (exact) mass is 649 g/mol. The summed E-state index contributed by atoms with van der Waals surface area (Å²) in [6.45, 7) is 9.59. The van der Waals surface area contributed by atoms with Crippen molar-refractivity contribution in [2.24, 2.45) is 0 Å². The first kappa shape index (κ1) is 31.1. The van der Waals surface area contributed by atoms with Crippen LogP contribution in [0.2, 0.25) is 0 Å². The van der Waals surface area contributed by atoms with Crippen LogP contribution in [0, 0.1) is 25.2 Å². The van der Waals surface area contributed by atoms with Gasteiger partial charge in [-0.1, -0.05) is 24.3 Å². The van der Waals surface area contributed by atoms with Gasteiger partial charge in [-0.25, -0.2) is 9.97 Å². The summed E-state index contributed by atoms with van der Waals surface area (Å²) in [6, 6.07) is 22.9. The maximum Gasteiger partial charge on any atom is 0.227 e. The predicted molar refractivity (Wildman–Crippen MR) is 192 cm³/mol. The molecule has 0 unspecified atom stereocenters. The highest BCUT2D eigenvalue weighted by atomic mass is 16.3. The molecule has 2 saturated heterocycles. The van der Waals surface area contributed by atoms with Gasteiger partial charge < -0.3 is 14.8 Å². The van der Waals surface area contributed by atoms with Crippen LogP contribution in [0.3, 0.4) is 0 Å². The highest BCUT2D eigenvalue weighted by Gasteiger charge is 2.22. The van der Waals surface area contributed by atoms with Crippen LogP contribution in [0.4, 0.5) is 11.5 Å². The van der Waals surface area contributed by atoms with Crippen LogP contribution in [-0.4, -0.2) is 62.1 Å². The number of aromatic nitrogens is 3. The van der Waals surface area contributed by atoms with E-state index in [0.717, 1.165) is 94.7 Å². The Hall–Kier alpha value is -5.14. The number of rotatable bonds is 8. The number of oxazole rings is 1. The zero-order valence-corrected chi connectivity index (χ0v) is 27.9. The Morgan fingerprint density at radius 3 is 2.47 bits per heavy atom. The molecule has 5 heterocycles. The van der Waals surface area contributed by atoms with Crippen molar-refractivity contribution >= 4 is 33.5 Å². The number of pyridine rings is 2. The quantitative estimate of drug-likeness (QED) is 0.173. The molecule has 0 spiro atoms. The van der Waals surface area contributed by atoms with E-state index in [0.29, 0.717) is 34.9 Å². The first-order valence-corrected chi connectivity index (χ1v) is 17.1. The van der Waals surface area contributed by atoms with Gasteiger partial charge in [-0.3, -0.25) is 14.8 Å². The first-order chi connectivity index (χ1) is 23.9. The minimum Gasteiger partial charge on any atom is -0.435 e. The van der Waals surface area contributed by atoms with Gasteiger partial charge in [0.05, 0.1) is 11.7 Å². The highest BCUT2D eigenvalue weighted by Crippen LogP contribution is 2.38. The first-order valence-electron chi connectivity index (χ1n) is 17.1. The van der Waals surface area contributed by atoms with Crippen molar-refractivity contribution in [2.45, 2.75) is 52.3 Å². The number of likely N-dealkylation sites (tertiary alicyclic amines) is 2. The molecular formula is C40H39N7O2. The van der Waals surface area contributed by atoms with Crippen molar-refractivity contribution in [1.29, 1.82) is 5.26 Å². The van der Waals surface area contributed by atoms with E-state index in [2.05, 4.69) is 76.4 Å². The Labute approximate surface area is 285 Å². The summed E-state index contributed by atoms with van der Waals surface area (Å²) < 4.78 is 6.31. The molecule has 2 fully saturated rings. The second kappa shape index (κ2) is 13.1. The maximum atomic E-state index is 9.97. The summed E-state index contributed by atoms with van der Waals surface area (Å²) in [7, 11) is 0. The summed E-state index contributed by atoms with van der Waals surface area (Å²) in [5.74, 6) is 1.22. The lowest BCUT2D eigenvalue weighted by atomic mass is 9.93. The number of benzene rings is 3. The van der Waals surface area contributed by atoms with Gasteiger partial charge >= 0.3 is 0 Å². The molecule has 2 aliphatic heterocycles. The SMILES string of the molecule is Cc1c(Nc2nccc3cc(CN4CC[C@H](O)C4)cnc23)cccc1-c1cccc(-c2nc3cc(CN4CCCC4)cc(C#N)c3o2)c1C. The molecule has 49 heavy (non-hydrogen) atoms. The minimum absolute atomic E-state index is 0.240.